The largest absolute Gasteiger partial charge is 0.399 e. The summed E-state index contributed by atoms with van der Waals surface area (Å²) in [5.41, 5.74) is 7.65. The van der Waals surface area contributed by atoms with Crippen LogP contribution in [-0.2, 0) is 6.42 Å². The topological polar surface area (TPSA) is 43.1 Å². The zero-order chi connectivity index (χ0) is 14.0. The lowest BCUT2D eigenvalue weighted by molar-refractivity contribution is 0.0993. The first kappa shape index (κ1) is 14.4. The van der Waals surface area contributed by atoms with Gasteiger partial charge in [-0.15, -0.1) is 0 Å². The highest BCUT2D eigenvalue weighted by Crippen LogP contribution is 2.24. The van der Waals surface area contributed by atoms with Crippen LogP contribution in [-0.4, -0.2) is 5.78 Å². The van der Waals surface area contributed by atoms with Gasteiger partial charge >= 0.3 is 0 Å². The van der Waals surface area contributed by atoms with E-state index in [9.17, 15) is 4.79 Å². The van der Waals surface area contributed by atoms with E-state index < -0.39 is 0 Å². The van der Waals surface area contributed by atoms with Crippen LogP contribution < -0.4 is 5.73 Å². The van der Waals surface area contributed by atoms with Crippen LogP contribution in [0.4, 0.5) is 5.69 Å². The fourth-order valence-corrected chi connectivity index (χ4v) is 2.54. The van der Waals surface area contributed by atoms with E-state index >= 15 is 0 Å². The maximum atomic E-state index is 12.2. The van der Waals surface area contributed by atoms with Crippen LogP contribution in [0.25, 0.3) is 0 Å². The van der Waals surface area contributed by atoms with Gasteiger partial charge in [0.15, 0.2) is 5.78 Å². The van der Waals surface area contributed by atoms with Gasteiger partial charge in [-0.3, -0.25) is 4.79 Å². The van der Waals surface area contributed by atoms with Crippen LogP contribution in [0.3, 0.4) is 0 Å². The van der Waals surface area contributed by atoms with Gasteiger partial charge in [-0.1, -0.05) is 45.2 Å². The van der Waals surface area contributed by atoms with Crippen molar-refractivity contribution in [3.8, 4) is 0 Å². The number of nitrogen functional groups attached to an aromatic ring is 1. The van der Waals surface area contributed by atoms with Gasteiger partial charge in [0.05, 0.1) is 10.0 Å². The zero-order valence-corrected chi connectivity index (χ0v) is 12.9. The SMILES string of the molecule is Nc1cc(Br)cc(C(=O)Cc2ccc(Cl)c(Cl)c2)c1. The third-order valence-electron chi connectivity index (χ3n) is 2.59. The van der Waals surface area contributed by atoms with E-state index in [1.807, 2.05) is 0 Å². The highest BCUT2D eigenvalue weighted by Gasteiger charge is 2.10. The molecule has 2 N–H and O–H groups in total. The van der Waals surface area contributed by atoms with Crippen molar-refractivity contribution in [2.75, 3.05) is 5.73 Å². The Morgan fingerprint density at radius 1 is 1.11 bits per heavy atom. The van der Waals surface area contributed by atoms with Gasteiger partial charge in [-0.2, -0.15) is 0 Å². The molecule has 0 saturated carbocycles. The van der Waals surface area contributed by atoms with Gasteiger partial charge in [-0.05, 0) is 35.9 Å². The molecular weight excluding hydrogens is 349 g/mol. The molecule has 98 valence electrons. The van der Waals surface area contributed by atoms with Crippen molar-refractivity contribution in [2.24, 2.45) is 0 Å². The fourth-order valence-electron chi connectivity index (χ4n) is 1.71. The number of ketones is 1. The van der Waals surface area contributed by atoms with Crippen LogP contribution >= 0.6 is 39.1 Å². The first-order valence-corrected chi connectivity index (χ1v) is 7.04. The molecule has 5 heteroatoms. The van der Waals surface area contributed by atoms with E-state index in [0.29, 0.717) is 21.3 Å². The van der Waals surface area contributed by atoms with Gasteiger partial charge in [0, 0.05) is 22.1 Å². The number of hydrogen-bond donors (Lipinski definition) is 1. The third kappa shape index (κ3) is 3.72. The lowest BCUT2D eigenvalue weighted by Gasteiger charge is -2.05. The summed E-state index contributed by atoms with van der Waals surface area (Å²) in [6, 6.07) is 10.3. The standard InChI is InChI=1S/C14H10BrCl2NO/c15-10-5-9(6-11(18)7-10)14(19)4-8-1-2-12(16)13(17)3-8/h1-3,5-7H,4,18H2. The summed E-state index contributed by atoms with van der Waals surface area (Å²) in [5, 5.41) is 0.922. The Hall–Kier alpha value is -1.03. The van der Waals surface area contributed by atoms with Crippen molar-refractivity contribution in [3.05, 3.63) is 62.0 Å². The Kier molecular flexibility index (Phi) is 4.50. The van der Waals surface area contributed by atoms with Crippen LogP contribution in [0.5, 0.6) is 0 Å². The van der Waals surface area contributed by atoms with Crippen molar-refractivity contribution in [3.63, 3.8) is 0 Å². The second kappa shape index (κ2) is 5.95. The number of Topliss-reactive ketones (excluding diaryl/α,β-unsaturated/α-hetero) is 1. The molecule has 0 aliphatic heterocycles. The summed E-state index contributed by atoms with van der Waals surface area (Å²) < 4.78 is 0.782. The first-order chi connectivity index (χ1) is 8.95. The van der Waals surface area contributed by atoms with Gasteiger partial charge < -0.3 is 5.73 Å². The van der Waals surface area contributed by atoms with E-state index in [4.69, 9.17) is 28.9 Å². The summed E-state index contributed by atoms with van der Waals surface area (Å²) in [4.78, 5) is 12.2. The minimum absolute atomic E-state index is 0.0219. The number of nitrogens with two attached hydrogens (primary N) is 1. The van der Waals surface area contributed by atoms with Crippen LogP contribution in [0, 0.1) is 0 Å². The van der Waals surface area contributed by atoms with E-state index in [-0.39, 0.29) is 12.2 Å². The molecule has 0 atom stereocenters. The van der Waals surface area contributed by atoms with Gasteiger partial charge in [0.1, 0.15) is 0 Å². The predicted molar refractivity (Wildman–Crippen MR) is 83.1 cm³/mol. The minimum atomic E-state index is -0.0219. The third-order valence-corrected chi connectivity index (χ3v) is 3.79. The average Bonchev–Trinajstić information content (AvgIpc) is 2.32. The molecule has 0 saturated heterocycles. The fraction of sp³-hybridized carbons (Fsp3) is 0.0714. The lowest BCUT2D eigenvalue weighted by Crippen LogP contribution is -2.04. The highest BCUT2D eigenvalue weighted by molar-refractivity contribution is 9.10. The summed E-state index contributed by atoms with van der Waals surface area (Å²) in [7, 11) is 0. The number of carbonyl (C=O) groups excluding carboxylic acids is 1. The molecule has 0 radical (unpaired) electrons. The molecule has 0 aromatic heterocycles. The number of carbonyl (C=O) groups is 1. The Morgan fingerprint density at radius 2 is 1.84 bits per heavy atom. The quantitative estimate of drug-likeness (QED) is 0.634. The van der Waals surface area contributed by atoms with E-state index in [1.54, 1.807) is 36.4 Å². The van der Waals surface area contributed by atoms with Gasteiger partial charge in [0.25, 0.3) is 0 Å². The second-order valence-corrected chi connectivity index (χ2v) is 5.85. The molecule has 0 aliphatic rings. The zero-order valence-electron chi connectivity index (χ0n) is 9.79. The molecule has 0 bridgehead atoms. The van der Waals surface area contributed by atoms with Crippen LogP contribution in [0.2, 0.25) is 10.0 Å². The van der Waals surface area contributed by atoms with Crippen molar-refractivity contribution in [1.82, 2.24) is 0 Å². The second-order valence-electron chi connectivity index (χ2n) is 4.12. The van der Waals surface area contributed by atoms with Crippen molar-refractivity contribution in [2.45, 2.75) is 6.42 Å². The van der Waals surface area contributed by atoms with Gasteiger partial charge in [0.2, 0.25) is 0 Å². The van der Waals surface area contributed by atoms with Crippen molar-refractivity contribution >= 4 is 50.6 Å². The number of benzene rings is 2. The maximum absolute atomic E-state index is 12.2. The van der Waals surface area contributed by atoms with Crippen molar-refractivity contribution < 1.29 is 4.79 Å². The maximum Gasteiger partial charge on any atom is 0.167 e. The molecular formula is C14H10BrCl2NO. The Labute approximate surface area is 129 Å². The van der Waals surface area contributed by atoms with E-state index in [0.717, 1.165) is 10.0 Å². The number of hydrogen-bond acceptors (Lipinski definition) is 2. The number of anilines is 1. The van der Waals surface area contributed by atoms with E-state index in [1.165, 1.54) is 0 Å². The van der Waals surface area contributed by atoms with Crippen LogP contribution in [0.15, 0.2) is 40.9 Å². The molecule has 0 amide bonds. The molecule has 2 nitrogen and oxygen atoms in total. The Bertz CT molecular complexity index is 623. The molecule has 19 heavy (non-hydrogen) atoms. The van der Waals surface area contributed by atoms with Crippen molar-refractivity contribution in [1.29, 1.82) is 0 Å². The average molecular weight is 359 g/mol. The molecule has 0 heterocycles. The summed E-state index contributed by atoms with van der Waals surface area (Å²) in [6.45, 7) is 0. The lowest BCUT2D eigenvalue weighted by atomic mass is 10.0. The Morgan fingerprint density at radius 3 is 2.47 bits per heavy atom. The smallest absolute Gasteiger partial charge is 0.167 e. The summed E-state index contributed by atoms with van der Waals surface area (Å²) in [5.74, 6) is -0.0219. The summed E-state index contributed by atoms with van der Waals surface area (Å²) in [6.07, 6.45) is 0.257. The van der Waals surface area contributed by atoms with Gasteiger partial charge in [-0.25, -0.2) is 0 Å². The molecule has 0 unspecified atom stereocenters. The Balaban J connectivity index is 2.22. The van der Waals surface area contributed by atoms with Crippen LogP contribution in [0.1, 0.15) is 15.9 Å². The molecule has 0 spiro atoms. The predicted octanol–water partition coefficient (Wildman–Crippen LogP) is 4.76. The molecule has 2 aromatic rings. The normalized spacial score (nSPS) is 10.5. The number of halogens is 3. The highest BCUT2D eigenvalue weighted by atomic mass is 79.9. The molecule has 2 rings (SSSR count). The first-order valence-electron chi connectivity index (χ1n) is 5.49. The minimum Gasteiger partial charge on any atom is -0.399 e. The number of rotatable bonds is 3. The van der Waals surface area contributed by atoms with E-state index in [2.05, 4.69) is 15.9 Å². The summed E-state index contributed by atoms with van der Waals surface area (Å²) >= 11 is 15.1. The monoisotopic (exact) mass is 357 g/mol. The molecule has 2 aromatic carbocycles. The molecule has 0 fully saturated rings. The molecule has 0 aliphatic carbocycles.